The molecule has 0 saturated heterocycles. The summed E-state index contributed by atoms with van der Waals surface area (Å²) in [5.74, 6) is -6.70. The van der Waals surface area contributed by atoms with E-state index in [1.54, 1.807) is 0 Å². The molecule has 0 heterocycles. The number of halogens is 3. The first-order chi connectivity index (χ1) is 12.9. The first kappa shape index (κ1) is 25.3. The van der Waals surface area contributed by atoms with Gasteiger partial charge in [0.2, 0.25) is 0 Å². The Hall–Kier alpha value is -1.72. The van der Waals surface area contributed by atoms with Crippen molar-refractivity contribution in [2.24, 2.45) is 5.41 Å². The van der Waals surface area contributed by atoms with Gasteiger partial charge >= 0.3 is 6.08 Å². The van der Waals surface area contributed by atoms with Crippen LogP contribution in [0.2, 0.25) is 0 Å². The van der Waals surface area contributed by atoms with Gasteiger partial charge in [-0.05, 0) is 24.3 Å². The number of hydrogen-bond acceptors (Lipinski definition) is 7. The van der Waals surface area contributed by atoms with Crippen molar-refractivity contribution in [3.05, 3.63) is 35.9 Å². The van der Waals surface area contributed by atoms with Gasteiger partial charge in [0.15, 0.2) is 5.83 Å². The van der Waals surface area contributed by atoms with Crippen molar-refractivity contribution < 1.29 is 56.8 Å². The molecule has 0 aliphatic heterocycles. The van der Waals surface area contributed by atoms with Crippen molar-refractivity contribution in [3.8, 4) is 5.75 Å². The van der Waals surface area contributed by atoms with Crippen molar-refractivity contribution >= 4 is 36.2 Å². The summed E-state index contributed by atoms with van der Waals surface area (Å²) in [5, 5.41) is 0. The molecule has 0 amide bonds. The fourth-order valence-electron chi connectivity index (χ4n) is 2.45. The third-order valence-corrected chi connectivity index (χ3v) is 6.22. The van der Waals surface area contributed by atoms with Crippen LogP contribution in [0.25, 0.3) is 5.83 Å². The number of benzene rings is 1. The summed E-state index contributed by atoms with van der Waals surface area (Å²) >= 11 is 0. The Balaban J connectivity index is 3.27. The van der Waals surface area contributed by atoms with Gasteiger partial charge in [0, 0.05) is 5.56 Å². The number of ether oxygens (including phenoxy) is 1. The second-order valence-electron chi connectivity index (χ2n) is 6.07. The van der Waals surface area contributed by atoms with Gasteiger partial charge in [0.25, 0.3) is 30.4 Å². The third kappa shape index (κ3) is 9.55. The Morgan fingerprint density at radius 3 is 1.48 bits per heavy atom. The zero-order valence-corrected chi connectivity index (χ0v) is 16.6. The molecular weight excluding hydrogens is 469 g/mol. The molecule has 0 aliphatic rings. The average Bonchev–Trinajstić information content (AvgIpc) is 2.47. The van der Waals surface area contributed by atoms with Gasteiger partial charge in [-0.1, -0.05) is 0 Å². The first-order valence-corrected chi connectivity index (χ1v) is 12.0. The molecule has 16 heteroatoms. The maximum absolute atomic E-state index is 13.1. The highest BCUT2D eigenvalue weighted by atomic mass is 32.2. The predicted octanol–water partition coefficient (Wildman–Crippen LogP) is 1.25. The van der Waals surface area contributed by atoms with Crippen LogP contribution in [0, 0.1) is 5.41 Å². The molecule has 0 spiro atoms. The van der Waals surface area contributed by atoms with Gasteiger partial charge in [-0.3, -0.25) is 13.7 Å². The molecule has 0 saturated carbocycles. The lowest BCUT2D eigenvalue weighted by molar-refractivity contribution is 0.197. The molecular formula is C13H15F3O10S3. The van der Waals surface area contributed by atoms with E-state index in [2.05, 4.69) is 0 Å². The summed E-state index contributed by atoms with van der Waals surface area (Å²) in [4.78, 5) is 0. The topological polar surface area (TPSA) is 172 Å². The maximum atomic E-state index is 13.1. The van der Waals surface area contributed by atoms with Crippen LogP contribution in [-0.4, -0.2) is 62.8 Å². The highest BCUT2D eigenvalue weighted by Crippen LogP contribution is 2.28. The molecule has 0 atom stereocenters. The largest absolute Gasteiger partial charge is 0.493 e. The lowest BCUT2D eigenvalue weighted by Gasteiger charge is -2.29. The fourth-order valence-corrected chi connectivity index (χ4v) is 6.03. The fraction of sp³-hybridized carbons (Fsp3) is 0.385. The van der Waals surface area contributed by atoms with Crippen molar-refractivity contribution in [3.63, 3.8) is 0 Å². The van der Waals surface area contributed by atoms with E-state index in [1.807, 2.05) is 0 Å². The van der Waals surface area contributed by atoms with E-state index >= 15 is 0 Å². The van der Waals surface area contributed by atoms with Crippen LogP contribution in [-0.2, 0) is 30.4 Å². The van der Waals surface area contributed by atoms with Crippen molar-refractivity contribution in [2.45, 2.75) is 0 Å². The Bertz CT molecular complexity index is 990. The molecule has 166 valence electrons. The second kappa shape index (κ2) is 8.97. The van der Waals surface area contributed by atoms with Gasteiger partial charge in [-0.15, -0.1) is 0 Å². The summed E-state index contributed by atoms with van der Waals surface area (Å²) < 4.78 is 137. The van der Waals surface area contributed by atoms with E-state index in [1.165, 1.54) is 0 Å². The Morgan fingerprint density at radius 1 is 0.793 bits per heavy atom. The summed E-state index contributed by atoms with van der Waals surface area (Å²) in [6.45, 7) is -1.08. The second-order valence-corrected chi connectivity index (χ2v) is 10.4. The summed E-state index contributed by atoms with van der Waals surface area (Å²) in [7, 11) is -15.1. The normalized spacial score (nSPS) is 13.2. The molecule has 0 fully saturated rings. The van der Waals surface area contributed by atoms with Gasteiger partial charge in [-0.2, -0.15) is 34.0 Å². The van der Waals surface area contributed by atoms with E-state index in [-0.39, 0.29) is 5.75 Å². The zero-order valence-electron chi connectivity index (χ0n) is 14.2. The summed E-state index contributed by atoms with van der Waals surface area (Å²) in [5.41, 5.74) is -3.10. The first-order valence-electron chi connectivity index (χ1n) is 7.21. The van der Waals surface area contributed by atoms with E-state index in [4.69, 9.17) is 18.4 Å². The highest BCUT2D eigenvalue weighted by molar-refractivity contribution is 7.87. The van der Waals surface area contributed by atoms with Crippen LogP contribution >= 0.6 is 0 Å². The minimum atomic E-state index is -5.03. The van der Waals surface area contributed by atoms with Gasteiger partial charge in [0.1, 0.15) is 5.75 Å². The Labute approximate surface area is 164 Å². The molecule has 3 N–H and O–H groups in total. The van der Waals surface area contributed by atoms with Crippen molar-refractivity contribution in [1.82, 2.24) is 0 Å². The molecule has 1 aromatic carbocycles. The Kier molecular flexibility index (Phi) is 7.83. The molecule has 0 aliphatic carbocycles. The Morgan fingerprint density at radius 2 is 1.17 bits per heavy atom. The molecule has 1 aromatic rings. The number of hydrogen-bond donors (Lipinski definition) is 3. The van der Waals surface area contributed by atoms with Crippen LogP contribution in [0.5, 0.6) is 5.75 Å². The molecule has 29 heavy (non-hydrogen) atoms. The standard InChI is InChI=1S/C13H15F3O10S3/c14-11(12(15)16)9-1-3-10(4-2-9)26-5-13(6-27(17,18)19,7-28(20,21)22)8-29(23,24)25/h1-4H,5-8H2,(H,17,18,19)(H,20,21,22)(H,23,24,25). The van der Waals surface area contributed by atoms with Crippen LogP contribution in [0.4, 0.5) is 13.2 Å². The quantitative estimate of drug-likeness (QED) is 0.410. The van der Waals surface area contributed by atoms with Crippen LogP contribution in [0.3, 0.4) is 0 Å². The lowest BCUT2D eigenvalue weighted by atomic mass is 9.97. The highest BCUT2D eigenvalue weighted by Gasteiger charge is 2.43. The average molecular weight is 484 g/mol. The molecule has 10 nitrogen and oxygen atoms in total. The molecule has 1 rings (SSSR count). The van der Waals surface area contributed by atoms with Gasteiger partial charge in [0.05, 0.1) is 29.3 Å². The van der Waals surface area contributed by atoms with Crippen LogP contribution < -0.4 is 4.74 Å². The van der Waals surface area contributed by atoms with E-state index in [0.29, 0.717) is 0 Å². The van der Waals surface area contributed by atoms with E-state index < -0.39 is 77.1 Å². The lowest BCUT2D eigenvalue weighted by Crippen LogP contribution is -2.46. The summed E-state index contributed by atoms with van der Waals surface area (Å²) in [6.07, 6.45) is -2.59. The molecule has 0 radical (unpaired) electrons. The smallest absolute Gasteiger partial charge is 0.306 e. The van der Waals surface area contributed by atoms with Crippen molar-refractivity contribution in [2.75, 3.05) is 23.9 Å². The van der Waals surface area contributed by atoms with Gasteiger partial charge < -0.3 is 4.74 Å². The third-order valence-electron chi connectivity index (χ3n) is 3.28. The SMILES string of the molecule is O=S(=O)(O)CC(COc1ccc(C(F)=C(F)F)cc1)(CS(=O)(=O)O)CS(=O)(=O)O. The minimum Gasteiger partial charge on any atom is -0.493 e. The minimum absolute atomic E-state index is 0.258. The van der Waals surface area contributed by atoms with Crippen LogP contribution in [0.15, 0.2) is 30.3 Å². The summed E-state index contributed by atoms with van der Waals surface area (Å²) in [6, 6.07) is 3.52. The zero-order chi connectivity index (χ0) is 22.7. The molecule has 0 bridgehead atoms. The maximum Gasteiger partial charge on any atom is 0.306 e. The molecule has 0 aromatic heterocycles. The number of rotatable bonds is 10. The van der Waals surface area contributed by atoms with E-state index in [9.17, 15) is 38.4 Å². The molecule has 0 unspecified atom stereocenters. The van der Waals surface area contributed by atoms with Gasteiger partial charge in [-0.25, -0.2) is 4.39 Å². The van der Waals surface area contributed by atoms with Crippen molar-refractivity contribution in [1.29, 1.82) is 0 Å². The predicted molar refractivity (Wildman–Crippen MR) is 93.9 cm³/mol. The van der Waals surface area contributed by atoms with Crippen LogP contribution in [0.1, 0.15) is 5.56 Å². The van der Waals surface area contributed by atoms with E-state index in [0.717, 1.165) is 24.3 Å². The monoisotopic (exact) mass is 484 g/mol.